The fourth-order valence-corrected chi connectivity index (χ4v) is 3.67. The molecule has 1 aliphatic heterocycles. The highest BCUT2D eigenvalue weighted by molar-refractivity contribution is 5.99. The quantitative estimate of drug-likeness (QED) is 0.469. The van der Waals surface area contributed by atoms with E-state index in [0.717, 1.165) is 0 Å². The summed E-state index contributed by atoms with van der Waals surface area (Å²) < 4.78 is 5.46. The fourth-order valence-electron chi connectivity index (χ4n) is 3.67. The molecule has 1 saturated heterocycles. The monoisotopic (exact) mass is 457 g/mol. The van der Waals surface area contributed by atoms with Gasteiger partial charge in [-0.05, 0) is 36.4 Å². The molecule has 34 heavy (non-hydrogen) atoms. The highest BCUT2D eigenvalue weighted by atomic mass is 16.6. The molecule has 3 aromatic rings. The van der Waals surface area contributed by atoms with E-state index in [1.807, 2.05) is 0 Å². The van der Waals surface area contributed by atoms with E-state index in [0.29, 0.717) is 16.7 Å². The van der Waals surface area contributed by atoms with Gasteiger partial charge in [0.05, 0.1) is 12.6 Å². The number of amides is 3. The van der Waals surface area contributed by atoms with Crippen LogP contribution in [0.25, 0.3) is 0 Å². The summed E-state index contributed by atoms with van der Waals surface area (Å²) in [5.41, 5.74) is 1.21. The Morgan fingerprint density at radius 1 is 0.647 bits per heavy atom. The van der Waals surface area contributed by atoms with E-state index in [9.17, 15) is 19.2 Å². The molecule has 3 unspecified atom stereocenters. The summed E-state index contributed by atoms with van der Waals surface area (Å²) in [6, 6.07) is 23.5. The number of ether oxygens (including phenoxy) is 1. The third-order valence-corrected chi connectivity index (χ3v) is 5.44. The first kappa shape index (κ1) is 22.7. The Morgan fingerprint density at radius 2 is 1.09 bits per heavy atom. The van der Waals surface area contributed by atoms with Crippen molar-refractivity contribution in [3.63, 3.8) is 0 Å². The molecule has 0 aromatic heterocycles. The van der Waals surface area contributed by atoms with E-state index in [2.05, 4.69) is 16.0 Å². The van der Waals surface area contributed by atoms with Gasteiger partial charge >= 0.3 is 5.97 Å². The van der Waals surface area contributed by atoms with Crippen LogP contribution in [-0.4, -0.2) is 48.4 Å². The Bertz CT molecular complexity index is 1170. The van der Waals surface area contributed by atoms with Crippen LogP contribution in [0.3, 0.4) is 0 Å². The Kier molecular flexibility index (Phi) is 6.98. The van der Waals surface area contributed by atoms with Crippen LogP contribution >= 0.6 is 0 Å². The van der Waals surface area contributed by atoms with E-state index >= 15 is 0 Å². The number of hydrogen-bond donors (Lipinski definition) is 3. The zero-order valence-electron chi connectivity index (χ0n) is 18.1. The second-order valence-corrected chi connectivity index (χ2v) is 7.73. The highest BCUT2D eigenvalue weighted by Gasteiger charge is 2.46. The number of carbonyl (C=O) groups is 4. The normalized spacial score (nSPS) is 19.1. The smallest absolute Gasteiger partial charge is 0.331 e. The molecule has 1 aliphatic rings. The topological polar surface area (TPSA) is 114 Å². The highest BCUT2D eigenvalue weighted by Crippen LogP contribution is 2.18. The zero-order chi connectivity index (χ0) is 23.9. The van der Waals surface area contributed by atoms with E-state index < -0.39 is 36.0 Å². The van der Waals surface area contributed by atoms with E-state index in [1.165, 1.54) is 0 Å². The molecule has 0 bridgehead atoms. The van der Waals surface area contributed by atoms with Crippen molar-refractivity contribution in [3.05, 3.63) is 108 Å². The van der Waals surface area contributed by atoms with Gasteiger partial charge in [0.15, 0.2) is 6.04 Å². The molecule has 0 radical (unpaired) electrons. The minimum Gasteiger partial charge on any atom is -0.457 e. The molecule has 0 spiro atoms. The number of carbonyl (C=O) groups excluding carboxylic acids is 4. The van der Waals surface area contributed by atoms with E-state index in [1.54, 1.807) is 91.0 Å². The minimum atomic E-state index is -1.13. The molecule has 0 saturated carbocycles. The lowest BCUT2D eigenvalue weighted by atomic mass is 10.0. The van der Waals surface area contributed by atoms with Crippen molar-refractivity contribution < 1.29 is 23.9 Å². The van der Waals surface area contributed by atoms with Crippen LogP contribution < -0.4 is 16.0 Å². The minimum absolute atomic E-state index is 0.0447. The van der Waals surface area contributed by atoms with Crippen LogP contribution in [0.2, 0.25) is 0 Å². The first-order valence-electron chi connectivity index (χ1n) is 10.8. The number of rotatable bonds is 7. The number of hydrogen-bond acceptors (Lipinski definition) is 5. The summed E-state index contributed by atoms with van der Waals surface area (Å²) in [6.07, 6.45) is -0.881. The van der Waals surface area contributed by atoms with Gasteiger partial charge < -0.3 is 20.7 Å². The zero-order valence-corrected chi connectivity index (χ0v) is 18.1. The molecule has 8 heteroatoms. The molecule has 8 nitrogen and oxygen atoms in total. The van der Waals surface area contributed by atoms with Crippen molar-refractivity contribution in [1.29, 1.82) is 0 Å². The van der Waals surface area contributed by atoms with E-state index in [4.69, 9.17) is 4.74 Å². The van der Waals surface area contributed by atoms with Crippen molar-refractivity contribution in [1.82, 2.24) is 16.0 Å². The maximum absolute atomic E-state index is 12.8. The summed E-state index contributed by atoms with van der Waals surface area (Å²) in [5, 5.41) is 8.19. The number of esters is 1. The van der Waals surface area contributed by atoms with Crippen molar-refractivity contribution in [2.24, 2.45) is 0 Å². The van der Waals surface area contributed by atoms with Crippen LogP contribution in [0.1, 0.15) is 31.1 Å². The Balaban J connectivity index is 1.51. The van der Waals surface area contributed by atoms with Crippen LogP contribution in [0, 0.1) is 0 Å². The van der Waals surface area contributed by atoms with Crippen LogP contribution in [-0.2, 0) is 9.53 Å². The molecule has 3 N–H and O–H groups in total. The van der Waals surface area contributed by atoms with Gasteiger partial charge in [0.25, 0.3) is 17.7 Å². The van der Waals surface area contributed by atoms with Crippen LogP contribution in [0.5, 0.6) is 0 Å². The standard InChI is InChI=1S/C26H23N3O5/c30-23(17-10-4-1-5-11-17)27-16-20-21(28-24(31)18-12-6-2-7-13-18)22(26(33)34-20)29-25(32)19-14-8-3-9-15-19/h1-15,20-22H,16H2,(H,27,30)(H,28,31)(H,29,32). The fraction of sp³-hybridized carbons (Fsp3) is 0.154. The largest absolute Gasteiger partial charge is 0.457 e. The lowest BCUT2D eigenvalue weighted by Gasteiger charge is -2.23. The Hall–Kier alpha value is -4.46. The van der Waals surface area contributed by atoms with Crippen molar-refractivity contribution >= 4 is 23.7 Å². The van der Waals surface area contributed by atoms with Gasteiger partial charge in [-0.25, -0.2) is 4.79 Å². The summed E-state index contributed by atoms with van der Waals surface area (Å²) in [5.74, 6) is -1.94. The average molecular weight is 457 g/mol. The third-order valence-electron chi connectivity index (χ3n) is 5.44. The molecule has 172 valence electrons. The van der Waals surface area contributed by atoms with Gasteiger partial charge in [-0.15, -0.1) is 0 Å². The van der Waals surface area contributed by atoms with Crippen LogP contribution in [0.4, 0.5) is 0 Å². The predicted molar refractivity (Wildman–Crippen MR) is 124 cm³/mol. The molecule has 3 atom stereocenters. The molecular weight excluding hydrogens is 434 g/mol. The van der Waals surface area contributed by atoms with Gasteiger partial charge in [-0.3, -0.25) is 14.4 Å². The molecule has 0 aliphatic carbocycles. The second kappa shape index (κ2) is 10.4. The molecule has 1 fully saturated rings. The van der Waals surface area contributed by atoms with E-state index in [-0.39, 0.29) is 12.5 Å². The predicted octanol–water partition coefficient (Wildman–Crippen LogP) is 1.94. The number of cyclic esters (lactones) is 1. The summed E-state index contributed by atoms with van der Waals surface area (Å²) in [7, 11) is 0. The summed E-state index contributed by atoms with van der Waals surface area (Å²) in [6.45, 7) is -0.0447. The molecule has 3 amide bonds. The molecule has 1 heterocycles. The Morgan fingerprint density at radius 3 is 1.59 bits per heavy atom. The van der Waals surface area contributed by atoms with Crippen molar-refractivity contribution in [3.8, 4) is 0 Å². The molecular formula is C26H23N3O5. The van der Waals surface area contributed by atoms with Gasteiger partial charge in [0.1, 0.15) is 6.10 Å². The Labute approximate surface area is 196 Å². The van der Waals surface area contributed by atoms with Gasteiger partial charge in [-0.2, -0.15) is 0 Å². The first-order chi connectivity index (χ1) is 16.5. The van der Waals surface area contributed by atoms with Crippen LogP contribution in [0.15, 0.2) is 91.0 Å². The number of nitrogens with one attached hydrogen (secondary N) is 3. The SMILES string of the molecule is O=C(NCC1OC(=O)C(NC(=O)c2ccccc2)C1NC(=O)c1ccccc1)c1ccccc1. The maximum Gasteiger partial charge on any atom is 0.331 e. The second-order valence-electron chi connectivity index (χ2n) is 7.73. The van der Waals surface area contributed by atoms with Gasteiger partial charge in [0.2, 0.25) is 0 Å². The van der Waals surface area contributed by atoms with Gasteiger partial charge in [-0.1, -0.05) is 54.6 Å². The third kappa shape index (κ3) is 5.29. The molecule has 4 rings (SSSR count). The molecule has 3 aromatic carbocycles. The number of benzene rings is 3. The average Bonchev–Trinajstić information content (AvgIpc) is 3.17. The summed E-state index contributed by atoms with van der Waals surface area (Å²) in [4.78, 5) is 50.7. The lowest BCUT2D eigenvalue weighted by Crippen LogP contribution is -2.56. The van der Waals surface area contributed by atoms with Gasteiger partial charge in [0, 0.05) is 16.7 Å². The summed E-state index contributed by atoms with van der Waals surface area (Å²) >= 11 is 0. The first-order valence-corrected chi connectivity index (χ1v) is 10.8. The lowest BCUT2D eigenvalue weighted by molar-refractivity contribution is -0.142. The van der Waals surface area contributed by atoms with Crippen molar-refractivity contribution in [2.45, 2.75) is 18.2 Å². The van der Waals surface area contributed by atoms with Crippen molar-refractivity contribution in [2.75, 3.05) is 6.54 Å². The maximum atomic E-state index is 12.8.